The van der Waals surface area contributed by atoms with Crippen LogP contribution in [0.25, 0.3) is 0 Å². The topological polar surface area (TPSA) is 48.4 Å². The average molecular weight is 271 g/mol. The summed E-state index contributed by atoms with van der Waals surface area (Å²) in [5.74, 6) is 1.90. The van der Waals surface area contributed by atoms with Crippen LogP contribution in [0.3, 0.4) is 0 Å². The first-order valence-corrected chi connectivity index (χ1v) is 6.31. The Labute approximate surface area is 118 Å². The van der Waals surface area contributed by atoms with Crippen LogP contribution in [0.1, 0.15) is 28.4 Å². The minimum absolute atomic E-state index is 0.0640. The quantitative estimate of drug-likeness (QED) is 0.795. The monoisotopic (exact) mass is 271 g/mol. The predicted molar refractivity (Wildman–Crippen MR) is 76.8 cm³/mol. The van der Waals surface area contributed by atoms with E-state index >= 15 is 0 Å². The molecule has 4 heteroatoms. The van der Waals surface area contributed by atoms with Crippen LogP contribution in [-0.2, 0) is 0 Å². The third kappa shape index (κ3) is 2.96. The molecule has 1 aromatic carbocycles. The number of aromatic nitrogens is 1. The number of nitrogens with zero attached hydrogens (tertiary/aromatic N) is 1. The van der Waals surface area contributed by atoms with E-state index < -0.39 is 0 Å². The van der Waals surface area contributed by atoms with E-state index in [-0.39, 0.29) is 5.78 Å². The smallest absolute Gasteiger partial charge is 0.219 e. The summed E-state index contributed by atoms with van der Waals surface area (Å²) in [6.45, 7) is 5.37. The molecule has 0 amide bonds. The number of hydrogen-bond donors (Lipinski definition) is 0. The van der Waals surface area contributed by atoms with E-state index in [0.717, 1.165) is 16.7 Å². The molecule has 0 aliphatic heterocycles. The number of carbonyl (C=O) groups is 1. The van der Waals surface area contributed by atoms with Crippen molar-refractivity contribution in [3.63, 3.8) is 0 Å². The number of benzene rings is 1. The SMILES string of the molecule is COc1ccc(Oc2cc(C)c(C(C)=O)c(C)c2)nc1. The van der Waals surface area contributed by atoms with Gasteiger partial charge in [0.25, 0.3) is 0 Å². The zero-order valence-corrected chi connectivity index (χ0v) is 12.1. The Hall–Kier alpha value is -2.36. The summed E-state index contributed by atoms with van der Waals surface area (Å²) < 4.78 is 10.7. The molecule has 0 unspecified atom stereocenters. The van der Waals surface area contributed by atoms with Crippen molar-refractivity contribution in [3.05, 3.63) is 47.2 Å². The molecule has 0 N–H and O–H groups in total. The Balaban J connectivity index is 2.27. The van der Waals surface area contributed by atoms with Gasteiger partial charge >= 0.3 is 0 Å². The van der Waals surface area contributed by atoms with Gasteiger partial charge in [-0.1, -0.05) is 0 Å². The first-order chi connectivity index (χ1) is 9.51. The van der Waals surface area contributed by atoms with Crippen LogP contribution in [0.5, 0.6) is 17.4 Å². The van der Waals surface area contributed by atoms with E-state index in [1.165, 1.54) is 0 Å². The van der Waals surface area contributed by atoms with Gasteiger partial charge in [-0.15, -0.1) is 0 Å². The number of aryl methyl sites for hydroxylation is 2. The number of carbonyl (C=O) groups excluding carboxylic acids is 1. The first kappa shape index (κ1) is 14.1. The highest BCUT2D eigenvalue weighted by molar-refractivity contribution is 5.97. The van der Waals surface area contributed by atoms with Gasteiger partial charge in [0.15, 0.2) is 5.78 Å². The Bertz CT molecular complexity index is 610. The van der Waals surface area contributed by atoms with E-state index in [1.54, 1.807) is 32.4 Å². The molecule has 0 bridgehead atoms. The van der Waals surface area contributed by atoms with Crippen LogP contribution in [0.15, 0.2) is 30.5 Å². The fourth-order valence-electron chi connectivity index (χ4n) is 2.21. The molecule has 104 valence electrons. The van der Waals surface area contributed by atoms with Crippen LogP contribution >= 0.6 is 0 Å². The third-order valence-corrected chi connectivity index (χ3v) is 3.03. The highest BCUT2D eigenvalue weighted by Gasteiger charge is 2.10. The fourth-order valence-corrected chi connectivity index (χ4v) is 2.21. The van der Waals surface area contributed by atoms with Crippen molar-refractivity contribution in [2.45, 2.75) is 20.8 Å². The molecule has 0 spiro atoms. The zero-order valence-electron chi connectivity index (χ0n) is 12.1. The fraction of sp³-hybridized carbons (Fsp3) is 0.250. The molecule has 0 radical (unpaired) electrons. The average Bonchev–Trinajstić information content (AvgIpc) is 2.38. The summed E-state index contributed by atoms with van der Waals surface area (Å²) >= 11 is 0. The highest BCUT2D eigenvalue weighted by atomic mass is 16.5. The van der Waals surface area contributed by atoms with Gasteiger partial charge in [0.1, 0.15) is 11.5 Å². The summed E-state index contributed by atoms with van der Waals surface area (Å²) in [4.78, 5) is 15.7. The van der Waals surface area contributed by atoms with Crippen molar-refractivity contribution in [2.75, 3.05) is 7.11 Å². The maximum absolute atomic E-state index is 11.6. The van der Waals surface area contributed by atoms with Crippen molar-refractivity contribution in [3.8, 4) is 17.4 Å². The van der Waals surface area contributed by atoms with Gasteiger partial charge in [-0.2, -0.15) is 0 Å². The minimum Gasteiger partial charge on any atom is -0.495 e. The van der Waals surface area contributed by atoms with Gasteiger partial charge < -0.3 is 9.47 Å². The number of methoxy groups -OCH3 is 1. The van der Waals surface area contributed by atoms with E-state index in [9.17, 15) is 4.79 Å². The molecule has 0 aliphatic carbocycles. The van der Waals surface area contributed by atoms with Gasteiger partial charge in [-0.25, -0.2) is 4.98 Å². The van der Waals surface area contributed by atoms with Gasteiger partial charge in [0.05, 0.1) is 13.3 Å². The zero-order chi connectivity index (χ0) is 14.7. The second-order valence-corrected chi connectivity index (χ2v) is 4.63. The summed E-state index contributed by atoms with van der Waals surface area (Å²) in [5, 5.41) is 0. The van der Waals surface area contributed by atoms with Crippen LogP contribution in [0.4, 0.5) is 0 Å². The van der Waals surface area contributed by atoms with E-state index in [2.05, 4.69) is 4.98 Å². The summed E-state index contributed by atoms with van der Waals surface area (Å²) in [6.07, 6.45) is 1.60. The number of ketones is 1. The van der Waals surface area contributed by atoms with Crippen LogP contribution in [-0.4, -0.2) is 17.9 Å². The van der Waals surface area contributed by atoms with Gasteiger partial charge in [-0.05, 0) is 50.1 Å². The molecule has 4 nitrogen and oxygen atoms in total. The number of Topliss-reactive ketones (excluding diaryl/α,β-unsaturated/α-hetero) is 1. The summed E-state index contributed by atoms with van der Waals surface area (Å²) in [6, 6.07) is 7.21. The Morgan fingerprint density at radius 3 is 2.20 bits per heavy atom. The molecular formula is C16H17NO3. The minimum atomic E-state index is 0.0640. The lowest BCUT2D eigenvalue weighted by molar-refractivity contribution is 0.101. The lowest BCUT2D eigenvalue weighted by Crippen LogP contribution is -2.00. The maximum atomic E-state index is 11.6. The van der Waals surface area contributed by atoms with E-state index in [0.29, 0.717) is 17.4 Å². The van der Waals surface area contributed by atoms with Crippen molar-refractivity contribution in [2.24, 2.45) is 0 Å². The predicted octanol–water partition coefficient (Wildman–Crippen LogP) is 3.70. The number of ether oxygens (including phenoxy) is 2. The molecule has 0 fully saturated rings. The third-order valence-electron chi connectivity index (χ3n) is 3.03. The van der Waals surface area contributed by atoms with Gasteiger partial charge in [-0.3, -0.25) is 4.79 Å². The van der Waals surface area contributed by atoms with Crippen LogP contribution in [0, 0.1) is 13.8 Å². The molecule has 1 aromatic heterocycles. The molecule has 0 saturated heterocycles. The maximum Gasteiger partial charge on any atom is 0.219 e. The molecule has 0 atom stereocenters. The van der Waals surface area contributed by atoms with Crippen LogP contribution in [0.2, 0.25) is 0 Å². The largest absolute Gasteiger partial charge is 0.495 e. The van der Waals surface area contributed by atoms with E-state index in [1.807, 2.05) is 26.0 Å². The second-order valence-electron chi connectivity index (χ2n) is 4.63. The number of rotatable bonds is 4. The Morgan fingerprint density at radius 2 is 1.75 bits per heavy atom. The number of pyridine rings is 1. The summed E-state index contributed by atoms with van der Waals surface area (Å²) in [5.41, 5.74) is 2.56. The second kappa shape index (κ2) is 5.74. The molecule has 2 rings (SSSR count). The van der Waals surface area contributed by atoms with Gasteiger partial charge in [0.2, 0.25) is 5.88 Å². The number of hydrogen-bond acceptors (Lipinski definition) is 4. The van der Waals surface area contributed by atoms with Crippen molar-refractivity contribution in [1.82, 2.24) is 4.98 Å². The van der Waals surface area contributed by atoms with Gasteiger partial charge in [0, 0.05) is 11.6 Å². The lowest BCUT2D eigenvalue weighted by atomic mass is 9.99. The van der Waals surface area contributed by atoms with Crippen molar-refractivity contribution >= 4 is 5.78 Å². The van der Waals surface area contributed by atoms with E-state index in [4.69, 9.17) is 9.47 Å². The Kier molecular flexibility index (Phi) is 4.03. The first-order valence-electron chi connectivity index (χ1n) is 6.31. The highest BCUT2D eigenvalue weighted by Crippen LogP contribution is 2.26. The molecule has 0 aliphatic rings. The Morgan fingerprint density at radius 1 is 1.10 bits per heavy atom. The molecule has 0 saturated carbocycles. The molecular weight excluding hydrogens is 254 g/mol. The van der Waals surface area contributed by atoms with Crippen LogP contribution < -0.4 is 9.47 Å². The van der Waals surface area contributed by atoms with Crippen molar-refractivity contribution in [1.29, 1.82) is 0 Å². The normalized spacial score (nSPS) is 10.2. The molecule has 20 heavy (non-hydrogen) atoms. The lowest BCUT2D eigenvalue weighted by Gasteiger charge is -2.11. The summed E-state index contributed by atoms with van der Waals surface area (Å²) in [7, 11) is 1.59. The van der Waals surface area contributed by atoms with Crippen molar-refractivity contribution < 1.29 is 14.3 Å². The molecule has 2 aromatic rings. The molecule has 1 heterocycles. The standard InChI is InChI=1S/C16H17NO3/c1-10-7-14(8-11(2)16(10)12(3)18)20-15-6-5-13(19-4)9-17-15/h5-9H,1-4H3.